The van der Waals surface area contributed by atoms with Crippen LogP contribution in [0.25, 0.3) is 86.3 Å². The van der Waals surface area contributed by atoms with E-state index in [9.17, 15) is 0 Å². The molecule has 0 N–H and O–H groups in total. The van der Waals surface area contributed by atoms with E-state index < -0.39 is 0 Å². The number of thiophene rings is 1. The smallest absolute Gasteiger partial charge is 0.137 e. The average Bonchev–Trinajstić information content (AvgIpc) is 3.90. The van der Waals surface area contributed by atoms with Crippen LogP contribution in [0.3, 0.4) is 0 Å². The molecule has 11 aromatic rings. The largest absolute Gasteiger partial charge is 0.456 e. The molecule has 0 fully saturated rings. The third kappa shape index (κ3) is 4.45. The van der Waals surface area contributed by atoms with E-state index in [4.69, 9.17) is 8.83 Å². The van der Waals surface area contributed by atoms with E-state index in [1.54, 1.807) is 0 Å². The molecule has 0 saturated heterocycles. The summed E-state index contributed by atoms with van der Waals surface area (Å²) >= 11 is 1.84. The molecule has 0 atom stereocenters. The normalized spacial score (nSPS) is 11.8. The Morgan fingerprint density at radius 3 is 1.65 bits per heavy atom. The number of nitrogens with zero attached hydrogens (tertiary/aromatic N) is 1. The van der Waals surface area contributed by atoms with E-state index >= 15 is 0 Å². The van der Waals surface area contributed by atoms with Gasteiger partial charge in [-0.2, -0.15) is 0 Å². The first kappa shape index (κ1) is 29.1. The van der Waals surface area contributed by atoms with E-state index in [1.165, 1.54) is 47.8 Å². The van der Waals surface area contributed by atoms with Gasteiger partial charge in [0.1, 0.15) is 22.3 Å². The van der Waals surface area contributed by atoms with Crippen LogP contribution in [0.1, 0.15) is 0 Å². The van der Waals surface area contributed by atoms with E-state index in [0.717, 1.165) is 55.6 Å². The molecule has 3 nitrogen and oxygen atoms in total. The molecule has 0 aliphatic heterocycles. The Kier molecular flexibility index (Phi) is 6.42. The summed E-state index contributed by atoms with van der Waals surface area (Å²) in [5.41, 5.74) is 11.6. The Morgan fingerprint density at radius 2 is 0.885 bits per heavy atom. The first-order chi connectivity index (χ1) is 25.8. The minimum atomic E-state index is 0.869. The van der Waals surface area contributed by atoms with Gasteiger partial charge in [0.15, 0.2) is 0 Å². The number of fused-ring (bicyclic) bond motifs is 10. The predicted molar refractivity (Wildman–Crippen MR) is 219 cm³/mol. The maximum absolute atomic E-state index is 6.42. The van der Waals surface area contributed by atoms with Crippen molar-refractivity contribution in [2.45, 2.75) is 0 Å². The van der Waals surface area contributed by atoms with Gasteiger partial charge in [-0.1, -0.05) is 115 Å². The summed E-state index contributed by atoms with van der Waals surface area (Å²) in [6.45, 7) is 0. The molecule has 0 unspecified atom stereocenters. The zero-order valence-electron chi connectivity index (χ0n) is 27.9. The van der Waals surface area contributed by atoms with Crippen molar-refractivity contribution in [2.75, 3.05) is 4.90 Å². The van der Waals surface area contributed by atoms with Crippen LogP contribution in [0.4, 0.5) is 17.1 Å². The van der Waals surface area contributed by atoms with E-state index in [1.807, 2.05) is 23.5 Å². The van der Waals surface area contributed by atoms with Crippen LogP contribution in [-0.2, 0) is 0 Å². The van der Waals surface area contributed by atoms with Gasteiger partial charge in [-0.15, -0.1) is 11.3 Å². The van der Waals surface area contributed by atoms with E-state index in [0.29, 0.717) is 0 Å². The molecule has 0 aliphatic carbocycles. The van der Waals surface area contributed by atoms with E-state index in [-0.39, 0.29) is 0 Å². The van der Waals surface area contributed by atoms with Crippen LogP contribution < -0.4 is 4.90 Å². The van der Waals surface area contributed by atoms with Crippen molar-refractivity contribution in [3.8, 4) is 22.3 Å². The highest BCUT2D eigenvalue weighted by molar-refractivity contribution is 7.27. The van der Waals surface area contributed by atoms with Crippen molar-refractivity contribution in [1.82, 2.24) is 0 Å². The number of hydrogen-bond donors (Lipinski definition) is 0. The van der Waals surface area contributed by atoms with Gasteiger partial charge >= 0.3 is 0 Å². The Balaban J connectivity index is 1.14. The van der Waals surface area contributed by atoms with Gasteiger partial charge in [0.2, 0.25) is 0 Å². The van der Waals surface area contributed by atoms with Crippen molar-refractivity contribution in [3.63, 3.8) is 0 Å². The summed E-state index contributed by atoms with van der Waals surface area (Å²) in [5.74, 6) is 0. The molecule has 0 aliphatic rings. The predicted octanol–water partition coefficient (Wildman–Crippen LogP) is 14.7. The Labute approximate surface area is 303 Å². The highest BCUT2D eigenvalue weighted by Gasteiger charge is 2.23. The number of rotatable bonds is 5. The monoisotopic (exact) mass is 683 g/mol. The van der Waals surface area contributed by atoms with Crippen LogP contribution in [0.2, 0.25) is 0 Å². The minimum absolute atomic E-state index is 0.869. The Hall–Kier alpha value is -6.62. The molecule has 8 aromatic carbocycles. The Bertz CT molecular complexity index is 3130. The number of furan rings is 2. The van der Waals surface area contributed by atoms with Crippen LogP contribution in [0, 0.1) is 0 Å². The second-order valence-electron chi connectivity index (χ2n) is 13.2. The first-order valence-corrected chi connectivity index (χ1v) is 18.3. The molecule has 4 heteroatoms. The average molecular weight is 684 g/mol. The number of benzene rings is 8. The SMILES string of the molecule is c1ccc(-c2cccc(-c3ccc(N(c4cccc5c4sc4c5ccc5oc6ccccc6c54)c4cccc5oc6ccccc6c45)cc3)c2)cc1. The summed E-state index contributed by atoms with van der Waals surface area (Å²) in [7, 11) is 0. The molecule has 0 spiro atoms. The highest BCUT2D eigenvalue weighted by Crippen LogP contribution is 2.50. The summed E-state index contributed by atoms with van der Waals surface area (Å²) in [5, 5.41) is 6.99. The maximum atomic E-state index is 6.42. The van der Waals surface area contributed by atoms with Gasteiger partial charge in [0, 0.05) is 37.3 Å². The van der Waals surface area contributed by atoms with Gasteiger partial charge in [-0.05, 0) is 82.9 Å². The fraction of sp³-hybridized carbons (Fsp3) is 0. The lowest BCUT2D eigenvalue weighted by Gasteiger charge is -2.27. The maximum Gasteiger partial charge on any atom is 0.137 e. The fourth-order valence-electron chi connectivity index (χ4n) is 7.89. The summed E-state index contributed by atoms with van der Waals surface area (Å²) in [6, 6.07) is 62.4. The Morgan fingerprint density at radius 1 is 0.346 bits per heavy atom. The number of para-hydroxylation sites is 2. The second kappa shape index (κ2) is 11.5. The second-order valence-corrected chi connectivity index (χ2v) is 14.3. The van der Waals surface area contributed by atoms with E-state index in [2.05, 4.69) is 169 Å². The molecule has 0 radical (unpaired) electrons. The standard InChI is InChI=1S/C48H29NO2S/c1-2-11-30(12-3-1)32-13-8-14-33(29-32)31-23-25-34(26-24-31)49(39-18-10-22-43-45(39)37-15-4-6-20-41(37)50-43)40-19-9-17-35-36-27-28-44-46(48(36)52-47(35)40)38-16-5-7-21-42(38)51-44/h1-29H. The van der Waals surface area contributed by atoms with Crippen LogP contribution in [-0.4, -0.2) is 0 Å². The lowest BCUT2D eigenvalue weighted by Crippen LogP contribution is -2.10. The van der Waals surface area contributed by atoms with Gasteiger partial charge in [0.25, 0.3) is 0 Å². The van der Waals surface area contributed by atoms with Gasteiger partial charge in [-0.3, -0.25) is 0 Å². The number of hydrogen-bond acceptors (Lipinski definition) is 4. The molecular formula is C48H29NO2S. The minimum Gasteiger partial charge on any atom is -0.456 e. The molecule has 244 valence electrons. The lowest BCUT2D eigenvalue weighted by atomic mass is 9.98. The molecule has 0 bridgehead atoms. The molecular weight excluding hydrogens is 655 g/mol. The zero-order valence-corrected chi connectivity index (χ0v) is 28.7. The third-order valence-electron chi connectivity index (χ3n) is 10.3. The zero-order chi connectivity index (χ0) is 34.2. The van der Waals surface area contributed by atoms with Crippen LogP contribution in [0.5, 0.6) is 0 Å². The summed E-state index contributed by atoms with van der Waals surface area (Å²) in [4.78, 5) is 2.41. The third-order valence-corrected chi connectivity index (χ3v) is 11.5. The van der Waals surface area contributed by atoms with Gasteiger partial charge in [0.05, 0.1) is 21.5 Å². The summed E-state index contributed by atoms with van der Waals surface area (Å²) < 4.78 is 15.2. The van der Waals surface area contributed by atoms with Crippen molar-refractivity contribution < 1.29 is 8.83 Å². The number of anilines is 3. The van der Waals surface area contributed by atoms with Crippen LogP contribution in [0.15, 0.2) is 185 Å². The lowest BCUT2D eigenvalue weighted by molar-refractivity contribution is 0.668. The first-order valence-electron chi connectivity index (χ1n) is 17.5. The topological polar surface area (TPSA) is 29.5 Å². The van der Waals surface area contributed by atoms with Gasteiger partial charge in [-0.25, -0.2) is 0 Å². The van der Waals surface area contributed by atoms with Crippen molar-refractivity contribution in [3.05, 3.63) is 176 Å². The molecule has 3 aromatic heterocycles. The molecule has 3 heterocycles. The molecule has 0 saturated carbocycles. The fourth-order valence-corrected chi connectivity index (χ4v) is 9.24. The summed E-state index contributed by atoms with van der Waals surface area (Å²) in [6.07, 6.45) is 0. The quantitative estimate of drug-likeness (QED) is 0.181. The van der Waals surface area contributed by atoms with Crippen molar-refractivity contribution >= 4 is 92.4 Å². The molecule has 11 rings (SSSR count). The van der Waals surface area contributed by atoms with Crippen LogP contribution >= 0.6 is 11.3 Å². The van der Waals surface area contributed by atoms with Crippen molar-refractivity contribution in [2.24, 2.45) is 0 Å². The van der Waals surface area contributed by atoms with Gasteiger partial charge < -0.3 is 13.7 Å². The van der Waals surface area contributed by atoms with Crippen molar-refractivity contribution in [1.29, 1.82) is 0 Å². The highest BCUT2D eigenvalue weighted by atomic mass is 32.1. The molecule has 0 amide bonds. The molecule has 52 heavy (non-hydrogen) atoms.